The maximum atomic E-state index is 10.3. The van der Waals surface area contributed by atoms with Crippen LogP contribution in [0.15, 0.2) is 21.0 Å². The molecule has 0 aliphatic carbocycles. The van der Waals surface area contributed by atoms with Crippen LogP contribution >= 0.6 is 0 Å². The Labute approximate surface area is 104 Å². The van der Waals surface area contributed by atoms with Gasteiger partial charge in [0.05, 0.1) is 0 Å². The minimum atomic E-state index is -0.785. The first-order chi connectivity index (χ1) is 8.65. The first kappa shape index (κ1) is 12.3. The van der Waals surface area contributed by atoms with Crippen LogP contribution in [0.4, 0.5) is 0 Å². The molecule has 0 aliphatic rings. The second kappa shape index (κ2) is 5.48. The van der Waals surface area contributed by atoms with Gasteiger partial charge in [0, 0.05) is 12.8 Å². The summed E-state index contributed by atoms with van der Waals surface area (Å²) in [6.07, 6.45) is 2.07. The van der Waals surface area contributed by atoms with Gasteiger partial charge in [0.2, 0.25) is 5.89 Å². The van der Waals surface area contributed by atoms with E-state index in [4.69, 9.17) is 13.9 Å². The highest BCUT2D eigenvalue weighted by Crippen LogP contribution is 2.20. The van der Waals surface area contributed by atoms with Crippen molar-refractivity contribution in [2.45, 2.75) is 32.6 Å². The van der Waals surface area contributed by atoms with Crippen LogP contribution in [0.5, 0.6) is 0 Å². The lowest BCUT2D eigenvalue weighted by Crippen LogP contribution is -1.95. The summed E-state index contributed by atoms with van der Waals surface area (Å²) in [4.78, 5) is 10.3. The van der Waals surface area contributed by atoms with Gasteiger partial charge in [-0.2, -0.15) is 0 Å². The summed E-state index contributed by atoms with van der Waals surface area (Å²) in [6.45, 7) is 1.84. The van der Waals surface area contributed by atoms with Crippen molar-refractivity contribution >= 4 is 5.97 Å². The Balaban J connectivity index is 1.88. The monoisotopic (exact) mass is 250 g/mol. The summed E-state index contributed by atoms with van der Waals surface area (Å²) in [5.74, 6) is 1.41. The van der Waals surface area contributed by atoms with Crippen molar-refractivity contribution < 1.29 is 18.7 Å². The van der Waals surface area contributed by atoms with Crippen molar-refractivity contribution in [3.05, 3.63) is 23.8 Å². The molecule has 0 atom stereocenters. The highest BCUT2D eigenvalue weighted by Gasteiger charge is 2.11. The van der Waals surface area contributed by atoms with Crippen molar-refractivity contribution in [1.82, 2.24) is 10.2 Å². The Hall–Kier alpha value is -2.11. The highest BCUT2D eigenvalue weighted by atomic mass is 16.4. The lowest BCUT2D eigenvalue weighted by molar-refractivity contribution is -0.137. The van der Waals surface area contributed by atoms with E-state index in [2.05, 4.69) is 10.2 Å². The van der Waals surface area contributed by atoms with Crippen molar-refractivity contribution in [2.75, 3.05) is 0 Å². The van der Waals surface area contributed by atoms with E-state index in [1.54, 1.807) is 6.07 Å². The fraction of sp³-hybridized carbons (Fsp3) is 0.417. The molecule has 2 aromatic rings. The molecule has 2 heterocycles. The number of hydrogen-bond acceptors (Lipinski definition) is 5. The standard InChI is InChI=1S/C12H14N2O4/c1-8-6-7-9(17-8)12-14-13-10(18-12)4-2-3-5-11(15)16/h6-7H,2-5H2,1H3,(H,15,16). The van der Waals surface area contributed by atoms with Gasteiger partial charge >= 0.3 is 5.97 Å². The van der Waals surface area contributed by atoms with E-state index in [9.17, 15) is 4.79 Å². The first-order valence-electron chi connectivity index (χ1n) is 5.76. The molecule has 0 spiro atoms. The van der Waals surface area contributed by atoms with E-state index in [-0.39, 0.29) is 6.42 Å². The molecule has 0 amide bonds. The van der Waals surface area contributed by atoms with Crippen molar-refractivity contribution in [1.29, 1.82) is 0 Å². The fourth-order valence-electron chi connectivity index (χ4n) is 1.56. The number of aryl methyl sites for hydroxylation is 2. The molecule has 6 heteroatoms. The molecular formula is C12H14N2O4. The molecule has 0 radical (unpaired) electrons. The van der Waals surface area contributed by atoms with Gasteiger partial charge in [-0.3, -0.25) is 4.79 Å². The van der Waals surface area contributed by atoms with Crippen LogP contribution in [0.25, 0.3) is 11.7 Å². The van der Waals surface area contributed by atoms with Crippen molar-refractivity contribution in [3.8, 4) is 11.7 Å². The molecular weight excluding hydrogens is 236 g/mol. The molecule has 6 nitrogen and oxygen atoms in total. The highest BCUT2D eigenvalue weighted by molar-refractivity contribution is 5.66. The molecule has 2 aromatic heterocycles. The molecule has 0 aromatic carbocycles. The van der Waals surface area contributed by atoms with Crippen LogP contribution in [0.3, 0.4) is 0 Å². The van der Waals surface area contributed by atoms with Crippen molar-refractivity contribution in [3.63, 3.8) is 0 Å². The molecule has 18 heavy (non-hydrogen) atoms. The predicted molar refractivity (Wildman–Crippen MR) is 61.9 cm³/mol. The fourth-order valence-corrected chi connectivity index (χ4v) is 1.56. The Morgan fingerprint density at radius 2 is 2.11 bits per heavy atom. The molecule has 0 aliphatic heterocycles. The topological polar surface area (TPSA) is 89.4 Å². The average Bonchev–Trinajstić information content (AvgIpc) is 2.93. The first-order valence-corrected chi connectivity index (χ1v) is 5.76. The van der Waals surface area contributed by atoms with Crippen LogP contribution in [-0.4, -0.2) is 21.3 Å². The van der Waals surface area contributed by atoms with E-state index >= 15 is 0 Å². The van der Waals surface area contributed by atoms with Gasteiger partial charge < -0.3 is 13.9 Å². The van der Waals surface area contributed by atoms with E-state index in [1.807, 2.05) is 13.0 Å². The third-order valence-electron chi connectivity index (χ3n) is 2.45. The minimum absolute atomic E-state index is 0.165. The SMILES string of the molecule is Cc1ccc(-c2nnc(CCCCC(=O)O)o2)o1. The number of rotatable bonds is 6. The molecule has 0 bridgehead atoms. The Morgan fingerprint density at radius 1 is 1.28 bits per heavy atom. The third kappa shape index (κ3) is 3.19. The van der Waals surface area contributed by atoms with Gasteiger partial charge in [-0.25, -0.2) is 0 Å². The molecule has 0 fully saturated rings. The zero-order valence-electron chi connectivity index (χ0n) is 10.0. The Morgan fingerprint density at radius 3 is 2.78 bits per heavy atom. The number of furan rings is 1. The van der Waals surface area contributed by atoms with Gasteiger partial charge in [0.1, 0.15) is 5.76 Å². The second-order valence-corrected chi connectivity index (χ2v) is 4.01. The van der Waals surface area contributed by atoms with E-state index in [0.29, 0.717) is 36.8 Å². The van der Waals surface area contributed by atoms with Crippen LogP contribution in [0, 0.1) is 6.92 Å². The Bertz CT molecular complexity index is 530. The largest absolute Gasteiger partial charge is 0.481 e. The average molecular weight is 250 g/mol. The summed E-state index contributed by atoms with van der Waals surface area (Å²) >= 11 is 0. The second-order valence-electron chi connectivity index (χ2n) is 4.01. The number of hydrogen-bond donors (Lipinski definition) is 1. The lowest BCUT2D eigenvalue weighted by atomic mass is 10.2. The Kier molecular flexibility index (Phi) is 3.76. The number of nitrogens with zero attached hydrogens (tertiary/aromatic N) is 2. The summed E-state index contributed by atoms with van der Waals surface area (Å²) in [5, 5.41) is 16.3. The predicted octanol–water partition coefficient (Wildman–Crippen LogP) is 2.44. The number of carbonyl (C=O) groups is 1. The third-order valence-corrected chi connectivity index (χ3v) is 2.45. The molecule has 0 saturated carbocycles. The summed E-state index contributed by atoms with van der Waals surface area (Å²) in [6, 6.07) is 3.60. The maximum Gasteiger partial charge on any atom is 0.303 e. The van der Waals surface area contributed by atoms with Gasteiger partial charge in [-0.05, 0) is 31.9 Å². The molecule has 1 N–H and O–H groups in total. The van der Waals surface area contributed by atoms with Gasteiger partial charge in [-0.1, -0.05) is 0 Å². The van der Waals surface area contributed by atoms with E-state index in [1.165, 1.54) is 0 Å². The number of aromatic nitrogens is 2. The molecule has 96 valence electrons. The summed E-state index contributed by atoms with van der Waals surface area (Å²) < 4.78 is 10.8. The number of unbranched alkanes of at least 4 members (excludes halogenated alkanes) is 1. The zero-order valence-corrected chi connectivity index (χ0v) is 10.0. The normalized spacial score (nSPS) is 10.7. The zero-order chi connectivity index (χ0) is 13.0. The summed E-state index contributed by atoms with van der Waals surface area (Å²) in [7, 11) is 0. The molecule has 2 rings (SSSR count). The molecule has 0 saturated heterocycles. The maximum absolute atomic E-state index is 10.3. The lowest BCUT2D eigenvalue weighted by Gasteiger charge is -1.93. The van der Waals surface area contributed by atoms with Gasteiger partial charge in [0.15, 0.2) is 5.76 Å². The number of carboxylic acids is 1. The smallest absolute Gasteiger partial charge is 0.303 e. The van der Waals surface area contributed by atoms with Crippen LogP contribution in [-0.2, 0) is 11.2 Å². The van der Waals surface area contributed by atoms with Crippen molar-refractivity contribution in [2.24, 2.45) is 0 Å². The van der Waals surface area contributed by atoms with E-state index < -0.39 is 5.97 Å². The van der Waals surface area contributed by atoms with Gasteiger partial charge in [-0.15, -0.1) is 10.2 Å². The number of carboxylic acid groups (broad SMARTS) is 1. The van der Waals surface area contributed by atoms with E-state index in [0.717, 1.165) is 5.76 Å². The van der Waals surface area contributed by atoms with Crippen LogP contribution in [0.2, 0.25) is 0 Å². The quantitative estimate of drug-likeness (QED) is 0.792. The molecule has 0 unspecified atom stereocenters. The van der Waals surface area contributed by atoms with Crippen LogP contribution < -0.4 is 0 Å². The van der Waals surface area contributed by atoms with Crippen LogP contribution in [0.1, 0.15) is 30.9 Å². The summed E-state index contributed by atoms with van der Waals surface area (Å²) in [5.41, 5.74) is 0. The number of aliphatic carboxylic acids is 1. The minimum Gasteiger partial charge on any atom is -0.481 e. The van der Waals surface area contributed by atoms with Gasteiger partial charge in [0.25, 0.3) is 5.89 Å².